The average Bonchev–Trinajstić information content (AvgIpc) is 2.94. The molecule has 142 valence electrons. The van der Waals surface area contributed by atoms with E-state index in [2.05, 4.69) is 22.8 Å². The molecule has 3 rings (SSSR count). The van der Waals surface area contributed by atoms with Crippen LogP contribution in [0.3, 0.4) is 0 Å². The quantitative estimate of drug-likeness (QED) is 0.748. The lowest BCUT2D eigenvalue weighted by atomic mass is 9.75. The summed E-state index contributed by atoms with van der Waals surface area (Å²) in [5.74, 6) is -2.69. The van der Waals surface area contributed by atoms with Gasteiger partial charge in [-0.15, -0.1) is 11.3 Å². The highest BCUT2D eigenvalue weighted by molar-refractivity contribution is 7.17. The molecule has 1 amide bonds. The van der Waals surface area contributed by atoms with Crippen LogP contribution < -0.4 is 11.1 Å². The maximum atomic E-state index is 11.9. The molecule has 0 bridgehead atoms. The minimum Gasteiger partial charge on any atom is -0.475 e. The van der Waals surface area contributed by atoms with Gasteiger partial charge in [-0.25, -0.2) is 4.79 Å². The molecule has 0 atom stereocenters. The van der Waals surface area contributed by atoms with Crippen molar-refractivity contribution in [2.75, 3.05) is 0 Å². The summed E-state index contributed by atoms with van der Waals surface area (Å²) >= 11 is 1.72. The highest BCUT2D eigenvalue weighted by Crippen LogP contribution is 2.32. The number of amides is 1. The van der Waals surface area contributed by atoms with Gasteiger partial charge in [-0.1, -0.05) is 18.2 Å². The van der Waals surface area contributed by atoms with Gasteiger partial charge in [-0.3, -0.25) is 4.79 Å². The van der Waals surface area contributed by atoms with E-state index in [0.29, 0.717) is 13.0 Å². The molecule has 0 aliphatic heterocycles. The number of aliphatic carboxylic acids is 1. The Morgan fingerprint density at radius 1 is 1.27 bits per heavy atom. The zero-order valence-electron chi connectivity index (χ0n) is 13.8. The monoisotopic (exact) mass is 388 g/mol. The number of thiophene rings is 1. The number of hydrogen-bond acceptors (Lipinski definition) is 4. The van der Waals surface area contributed by atoms with E-state index in [1.165, 1.54) is 15.6 Å². The molecule has 1 heterocycles. The Balaban J connectivity index is 0.000000298. The Morgan fingerprint density at radius 3 is 2.42 bits per heavy atom. The normalized spacial score (nSPS) is 15.5. The van der Waals surface area contributed by atoms with Crippen LogP contribution in [0.2, 0.25) is 0 Å². The van der Waals surface area contributed by atoms with Gasteiger partial charge in [-0.2, -0.15) is 13.2 Å². The summed E-state index contributed by atoms with van der Waals surface area (Å²) in [5.41, 5.74) is 7.04. The van der Waals surface area contributed by atoms with Gasteiger partial charge < -0.3 is 16.2 Å². The molecular weight excluding hydrogens is 369 g/mol. The van der Waals surface area contributed by atoms with Gasteiger partial charge in [-0.05, 0) is 41.7 Å². The number of alkyl halides is 3. The zero-order chi connectivity index (χ0) is 19.4. The largest absolute Gasteiger partial charge is 0.490 e. The first-order valence-electron chi connectivity index (χ1n) is 7.91. The number of nitrogens with one attached hydrogen (secondary N) is 1. The van der Waals surface area contributed by atoms with E-state index in [4.69, 9.17) is 15.6 Å². The number of fused-ring (bicyclic) bond motifs is 1. The third-order valence-electron chi connectivity index (χ3n) is 4.14. The van der Waals surface area contributed by atoms with E-state index in [1.807, 2.05) is 12.1 Å². The first-order valence-corrected chi connectivity index (χ1v) is 8.79. The van der Waals surface area contributed by atoms with E-state index in [9.17, 15) is 18.0 Å². The predicted octanol–water partition coefficient (Wildman–Crippen LogP) is 3.42. The smallest absolute Gasteiger partial charge is 0.475 e. The second kappa shape index (κ2) is 8.05. The lowest BCUT2D eigenvalue weighted by Gasteiger charge is -2.37. The third-order valence-corrected chi connectivity index (χ3v) is 5.15. The number of halogens is 3. The van der Waals surface area contributed by atoms with Crippen LogP contribution in [0.5, 0.6) is 0 Å². The number of rotatable bonds is 4. The van der Waals surface area contributed by atoms with E-state index >= 15 is 0 Å². The van der Waals surface area contributed by atoms with Gasteiger partial charge in [0.25, 0.3) is 0 Å². The SMILES string of the molecule is NC1(CC(=O)NCc2csc3ccccc23)CCC1.O=C(O)C(F)(F)F. The zero-order valence-corrected chi connectivity index (χ0v) is 14.6. The highest BCUT2D eigenvalue weighted by atomic mass is 32.1. The van der Waals surface area contributed by atoms with Crippen LogP contribution in [0.4, 0.5) is 13.2 Å². The standard InChI is InChI=1S/C15H18N2OS.C2HF3O2/c16-15(6-3-7-15)8-14(18)17-9-11-10-19-13-5-2-1-4-12(11)13;3-2(4,5)1(6)7/h1-2,4-5,10H,3,6-9,16H2,(H,17,18);(H,6,7). The van der Waals surface area contributed by atoms with Crippen molar-refractivity contribution in [3.8, 4) is 0 Å². The molecule has 1 aliphatic rings. The maximum Gasteiger partial charge on any atom is 0.490 e. The van der Waals surface area contributed by atoms with Crippen molar-refractivity contribution in [3.05, 3.63) is 35.2 Å². The number of nitrogens with two attached hydrogens (primary N) is 1. The number of carboxylic acid groups (broad SMARTS) is 1. The van der Waals surface area contributed by atoms with Crippen LogP contribution >= 0.6 is 11.3 Å². The Labute approximate surface area is 152 Å². The second-order valence-corrected chi connectivity index (χ2v) is 7.14. The fourth-order valence-electron chi connectivity index (χ4n) is 2.55. The van der Waals surface area contributed by atoms with Crippen LogP contribution in [-0.4, -0.2) is 28.7 Å². The highest BCUT2D eigenvalue weighted by Gasteiger charge is 2.38. The Morgan fingerprint density at radius 2 is 1.88 bits per heavy atom. The number of hydrogen-bond donors (Lipinski definition) is 3. The molecule has 0 spiro atoms. The number of benzene rings is 1. The first kappa shape index (κ1) is 20.2. The van der Waals surface area contributed by atoms with Crippen molar-refractivity contribution in [1.82, 2.24) is 5.32 Å². The summed E-state index contributed by atoms with van der Waals surface area (Å²) in [6.45, 7) is 0.596. The van der Waals surface area contributed by atoms with E-state index < -0.39 is 12.1 Å². The summed E-state index contributed by atoms with van der Waals surface area (Å²) < 4.78 is 33.0. The summed E-state index contributed by atoms with van der Waals surface area (Å²) in [5, 5.41) is 13.5. The molecule has 0 unspecified atom stereocenters. The molecule has 9 heteroatoms. The number of carbonyl (C=O) groups excluding carboxylic acids is 1. The lowest BCUT2D eigenvalue weighted by molar-refractivity contribution is -0.192. The Bertz CT molecular complexity index is 785. The first-order chi connectivity index (χ1) is 12.1. The van der Waals surface area contributed by atoms with Crippen LogP contribution in [-0.2, 0) is 16.1 Å². The molecule has 26 heavy (non-hydrogen) atoms. The van der Waals surface area contributed by atoms with Gasteiger partial charge in [0.1, 0.15) is 0 Å². The van der Waals surface area contributed by atoms with Crippen molar-refractivity contribution in [1.29, 1.82) is 0 Å². The van der Waals surface area contributed by atoms with Crippen molar-refractivity contribution in [3.63, 3.8) is 0 Å². The van der Waals surface area contributed by atoms with Crippen molar-refractivity contribution in [2.45, 2.75) is 43.9 Å². The number of carbonyl (C=O) groups is 2. The van der Waals surface area contributed by atoms with Crippen LogP contribution in [0.15, 0.2) is 29.6 Å². The summed E-state index contributed by atoms with van der Waals surface area (Å²) in [6.07, 6.45) is -1.53. The fourth-order valence-corrected chi connectivity index (χ4v) is 3.52. The Kier molecular flexibility index (Phi) is 6.25. The minimum atomic E-state index is -5.08. The second-order valence-electron chi connectivity index (χ2n) is 6.23. The van der Waals surface area contributed by atoms with Crippen LogP contribution in [0, 0.1) is 0 Å². The molecular formula is C17H19F3N2O3S. The van der Waals surface area contributed by atoms with Gasteiger partial charge in [0.2, 0.25) is 5.91 Å². The van der Waals surface area contributed by atoms with Crippen LogP contribution in [0.25, 0.3) is 10.1 Å². The van der Waals surface area contributed by atoms with Gasteiger partial charge in [0.15, 0.2) is 0 Å². The molecule has 4 N–H and O–H groups in total. The molecule has 1 aromatic heterocycles. The van der Waals surface area contributed by atoms with Crippen molar-refractivity contribution >= 4 is 33.3 Å². The third kappa shape index (κ3) is 5.43. The number of carboxylic acids is 1. The summed E-state index contributed by atoms with van der Waals surface area (Å²) in [7, 11) is 0. The topological polar surface area (TPSA) is 92.4 Å². The van der Waals surface area contributed by atoms with Crippen molar-refractivity contribution in [2.24, 2.45) is 5.73 Å². The molecule has 1 fully saturated rings. The van der Waals surface area contributed by atoms with Crippen molar-refractivity contribution < 1.29 is 27.9 Å². The fraction of sp³-hybridized carbons (Fsp3) is 0.412. The van der Waals surface area contributed by atoms with E-state index in [-0.39, 0.29) is 11.4 Å². The lowest BCUT2D eigenvalue weighted by Crippen LogP contribution is -2.49. The van der Waals surface area contributed by atoms with Crippen LogP contribution in [0.1, 0.15) is 31.2 Å². The molecule has 1 aliphatic carbocycles. The van der Waals surface area contributed by atoms with Gasteiger partial charge in [0.05, 0.1) is 0 Å². The molecule has 0 radical (unpaired) electrons. The van der Waals surface area contributed by atoms with Gasteiger partial charge >= 0.3 is 12.1 Å². The Hall–Kier alpha value is -2.13. The minimum absolute atomic E-state index is 0.0671. The summed E-state index contributed by atoms with van der Waals surface area (Å²) in [4.78, 5) is 20.8. The molecule has 1 aromatic carbocycles. The summed E-state index contributed by atoms with van der Waals surface area (Å²) in [6, 6.07) is 8.28. The predicted molar refractivity (Wildman–Crippen MR) is 92.7 cm³/mol. The van der Waals surface area contributed by atoms with E-state index in [0.717, 1.165) is 19.3 Å². The molecule has 5 nitrogen and oxygen atoms in total. The molecule has 0 saturated heterocycles. The van der Waals surface area contributed by atoms with E-state index in [1.54, 1.807) is 11.3 Å². The average molecular weight is 388 g/mol. The molecule has 2 aromatic rings. The maximum absolute atomic E-state index is 11.9. The molecule has 1 saturated carbocycles. The van der Waals surface area contributed by atoms with Gasteiger partial charge in [0, 0.05) is 23.2 Å².